The second kappa shape index (κ2) is 4.44. The molecule has 6 heteroatoms. The van der Waals surface area contributed by atoms with E-state index in [9.17, 15) is 9.59 Å². The van der Waals surface area contributed by atoms with Crippen LogP contribution in [0.25, 0.3) is 0 Å². The third-order valence-corrected chi connectivity index (χ3v) is 3.47. The molecule has 2 rings (SSSR count). The lowest BCUT2D eigenvalue weighted by Crippen LogP contribution is -2.64. The molecule has 1 fully saturated rings. The summed E-state index contributed by atoms with van der Waals surface area (Å²) in [5.74, 6) is 0.609. The van der Waals surface area contributed by atoms with Crippen LogP contribution in [0.15, 0.2) is 12.4 Å². The summed E-state index contributed by atoms with van der Waals surface area (Å²) < 4.78 is 1.85. The Morgan fingerprint density at radius 2 is 2.22 bits per heavy atom. The highest BCUT2D eigenvalue weighted by atomic mass is 16.2. The maximum absolute atomic E-state index is 12.3. The summed E-state index contributed by atoms with van der Waals surface area (Å²) in [6, 6.07) is 0. The number of aromatic nitrogens is 2. The molecule has 0 bridgehead atoms. The fraction of sp³-hybridized carbons (Fsp3) is 0.583. The third kappa shape index (κ3) is 2.10. The predicted molar refractivity (Wildman–Crippen MR) is 65.5 cm³/mol. The number of rotatable bonds is 3. The minimum Gasteiger partial charge on any atom is -0.340 e. The molecule has 1 N–H and O–H groups in total. The Kier molecular flexibility index (Phi) is 3.11. The van der Waals surface area contributed by atoms with Crippen LogP contribution in [-0.2, 0) is 23.2 Å². The summed E-state index contributed by atoms with van der Waals surface area (Å²) in [6.07, 6.45) is 4.08. The van der Waals surface area contributed by atoms with Crippen LogP contribution in [0.3, 0.4) is 0 Å². The van der Waals surface area contributed by atoms with E-state index in [4.69, 9.17) is 0 Å². The van der Waals surface area contributed by atoms with Crippen molar-refractivity contribution in [3.05, 3.63) is 18.2 Å². The van der Waals surface area contributed by atoms with Crippen LogP contribution >= 0.6 is 0 Å². The summed E-state index contributed by atoms with van der Waals surface area (Å²) >= 11 is 0. The number of carbonyl (C=O) groups excluding carboxylic acids is 2. The first-order valence-electron chi connectivity index (χ1n) is 6.03. The first-order chi connectivity index (χ1) is 8.46. The molecular weight excluding hydrogens is 232 g/mol. The van der Waals surface area contributed by atoms with Gasteiger partial charge >= 0.3 is 0 Å². The summed E-state index contributed by atoms with van der Waals surface area (Å²) in [5.41, 5.74) is -0.791. The topological polar surface area (TPSA) is 67.2 Å². The molecule has 0 aromatic carbocycles. The first-order valence-corrected chi connectivity index (χ1v) is 6.03. The average molecular weight is 250 g/mol. The van der Waals surface area contributed by atoms with Crippen molar-refractivity contribution in [1.29, 1.82) is 0 Å². The van der Waals surface area contributed by atoms with Gasteiger partial charge in [-0.3, -0.25) is 9.59 Å². The van der Waals surface area contributed by atoms with Crippen molar-refractivity contribution >= 4 is 11.8 Å². The van der Waals surface area contributed by atoms with Gasteiger partial charge in [0.05, 0.1) is 6.54 Å². The van der Waals surface area contributed by atoms with E-state index < -0.39 is 5.54 Å². The molecule has 1 aliphatic heterocycles. The van der Waals surface area contributed by atoms with Gasteiger partial charge < -0.3 is 14.8 Å². The van der Waals surface area contributed by atoms with Crippen molar-refractivity contribution in [3.8, 4) is 0 Å². The summed E-state index contributed by atoms with van der Waals surface area (Å²) in [5, 5.41) is 2.76. The molecule has 1 aromatic rings. The molecule has 1 aliphatic rings. The number of hydrogen-bond donors (Lipinski definition) is 1. The smallest absolute Gasteiger partial charge is 0.248 e. The van der Waals surface area contributed by atoms with Gasteiger partial charge in [0.2, 0.25) is 11.8 Å². The van der Waals surface area contributed by atoms with Gasteiger partial charge in [0.1, 0.15) is 17.9 Å². The number of nitrogens with one attached hydrogen (secondary N) is 1. The maximum atomic E-state index is 12.3. The number of carbonyl (C=O) groups is 2. The lowest BCUT2D eigenvalue weighted by Gasteiger charge is -2.39. The monoisotopic (exact) mass is 250 g/mol. The van der Waals surface area contributed by atoms with Crippen LogP contribution in [0.1, 0.15) is 26.1 Å². The van der Waals surface area contributed by atoms with Gasteiger partial charge in [0.15, 0.2) is 0 Å². The van der Waals surface area contributed by atoms with Crippen LogP contribution in [0.5, 0.6) is 0 Å². The number of nitrogens with zero attached hydrogens (tertiary/aromatic N) is 3. The van der Waals surface area contributed by atoms with Crippen molar-refractivity contribution in [2.24, 2.45) is 7.05 Å². The van der Waals surface area contributed by atoms with E-state index in [1.54, 1.807) is 18.0 Å². The van der Waals surface area contributed by atoms with E-state index in [2.05, 4.69) is 10.3 Å². The number of aryl methyl sites for hydroxylation is 1. The van der Waals surface area contributed by atoms with E-state index >= 15 is 0 Å². The van der Waals surface area contributed by atoms with Gasteiger partial charge in [-0.25, -0.2) is 4.98 Å². The zero-order valence-corrected chi connectivity index (χ0v) is 10.9. The molecule has 0 aliphatic carbocycles. The van der Waals surface area contributed by atoms with E-state index in [0.717, 1.165) is 5.82 Å². The zero-order valence-electron chi connectivity index (χ0n) is 10.9. The van der Waals surface area contributed by atoms with Gasteiger partial charge in [0, 0.05) is 19.4 Å². The molecule has 6 nitrogen and oxygen atoms in total. The highest BCUT2D eigenvalue weighted by molar-refractivity contribution is 5.97. The third-order valence-electron chi connectivity index (χ3n) is 3.47. The summed E-state index contributed by atoms with van der Waals surface area (Å²) in [4.78, 5) is 29.8. The molecular formula is C12H18N4O2. The van der Waals surface area contributed by atoms with Crippen LogP contribution in [0.4, 0.5) is 0 Å². The molecule has 1 atom stereocenters. The average Bonchev–Trinajstić information content (AvgIpc) is 2.71. The summed E-state index contributed by atoms with van der Waals surface area (Å²) in [6.45, 7) is 4.12. The lowest BCUT2D eigenvalue weighted by atomic mass is 9.94. The molecule has 1 saturated heterocycles. The van der Waals surface area contributed by atoms with Gasteiger partial charge in [-0.15, -0.1) is 0 Å². The second-order valence-corrected chi connectivity index (χ2v) is 4.85. The Labute approximate surface area is 106 Å². The SMILES string of the molecule is CCC1(C)NC(=O)CN(Cc2nccn2C)C1=O. The minimum atomic E-state index is -0.791. The standard InChI is InChI=1S/C12H18N4O2/c1-4-12(2)11(18)16(8-10(17)14-12)7-9-13-5-6-15(9)3/h5-6H,4,7-8H2,1-3H3,(H,14,17). The van der Waals surface area contributed by atoms with Crippen LogP contribution in [0, 0.1) is 0 Å². The fourth-order valence-electron chi connectivity index (χ4n) is 2.08. The molecule has 1 unspecified atom stereocenters. The van der Waals surface area contributed by atoms with Gasteiger partial charge in [-0.05, 0) is 13.3 Å². The minimum absolute atomic E-state index is 0.0485. The molecule has 18 heavy (non-hydrogen) atoms. The summed E-state index contributed by atoms with van der Waals surface area (Å²) in [7, 11) is 1.87. The molecule has 2 amide bonds. The van der Waals surface area contributed by atoms with Crippen molar-refractivity contribution in [2.45, 2.75) is 32.4 Å². The maximum Gasteiger partial charge on any atom is 0.248 e. The molecule has 98 valence electrons. The van der Waals surface area contributed by atoms with Crippen LogP contribution in [0.2, 0.25) is 0 Å². The molecule has 0 spiro atoms. The number of amides is 2. The van der Waals surface area contributed by atoms with Crippen LogP contribution in [-0.4, -0.2) is 38.3 Å². The first kappa shape index (κ1) is 12.6. The Morgan fingerprint density at radius 3 is 2.78 bits per heavy atom. The second-order valence-electron chi connectivity index (χ2n) is 4.85. The van der Waals surface area contributed by atoms with Crippen molar-refractivity contribution in [2.75, 3.05) is 6.54 Å². The number of hydrogen-bond acceptors (Lipinski definition) is 3. The molecule has 0 radical (unpaired) electrons. The Balaban J connectivity index is 2.20. The number of imidazole rings is 1. The van der Waals surface area contributed by atoms with Gasteiger partial charge in [-0.1, -0.05) is 6.92 Å². The van der Waals surface area contributed by atoms with Crippen molar-refractivity contribution in [3.63, 3.8) is 0 Å². The van der Waals surface area contributed by atoms with Crippen molar-refractivity contribution in [1.82, 2.24) is 19.8 Å². The predicted octanol–water partition coefficient (Wildman–Crippen LogP) is 0.0472. The normalized spacial score (nSPS) is 24.3. The lowest BCUT2D eigenvalue weighted by molar-refractivity contribution is -0.150. The Bertz CT molecular complexity index is 482. The quantitative estimate of drug-likeness (QED) is 0.824. The van der Waals surface area contributed by atoms with E-state index in [0.29, 0.717) is 13.0 Å². The van der Waals surface area contributed by atoms with Gasteiger partial charge in [0.25, 0.3) is 0 Å². The Hall–Kier alpha value is -1.85. The Morgan fingerprint density at radius 1 is 1.50 bits per heavy atom. The highest BCUT2D eigenvalue weighted by Gasteiger charge is 2.41. The molecule has 0 saturated carbocycles. The van der Waals surface area contributed by atoms with Crippen LogP contribution < -0.4 is 5.32 Å². The molecule has 2 heterocycles. The van der Waals surface area contributed by atoms with E-state index in [1.807, 2.05) is 24.7 Å². The fourth-order valence-corrected chi connectivity index (χ4v) is 2.08. The van der Waals surface area contributed by atoms with E-state index in [1.165, 1.54) is 0 Å². The van der Waals surface area contributed by atoms with Gasteiger partial charge in [-0.2, -0.15) is 0 Å². The van der Waals surface area contributed by atoms with Crippen molar-refractivity contribution < 1.29 is 9.59 Å². The molecule has 1 aromatic heterocycles. The van der Waals surface area contributed by atoms with E-state index in [-0.39, 0.29) is 18.4 Å². The highest BCUT2D eigenvalue weighted by Crippen LogP contribution is 2.19. The largest absolute Gasteiger partial charge is 0.340 e. The number of piperazine rings is 1. The zero-order chi connectivity index (χ0) is 13.3.